The smallest absolute Gasteiger partial charge is 0.343 e. The Hall–Kier alpha value is -3.40. The van der Waals surface area contributed by atoms with E-state index in [0.29, 0.717) is 16.9 Å². The zero-order chi connectivity index (χ0) is 28.7. The number of fused-ring (bicyclic) bond motifs is 4. The van der Waals surface area contributed by atoms with Crippen molar-refractivity contribution in [3.63, 3.8) is 0 Å². The highest BCUT2D eigenvalue weighted by Gasteiger charge is 2.58. The fraction of sp³-hybridized carbons (Fsp3) is 0.429. The van der Waals surface area contributed by atoms with Crippen molar-refractivity contribution >= 4 is 11.9 Å². The third-order valence-electron chi connectivity index (χ3n) is 9.50. The van der Waals surface area contributed by atoms with Crippen LogP contribution in [0.4, 0.5) is 0 Å². The molecule has 4 nitrogen and oxygen atoms in total. The predicted molar refractivity (Wildman–Crippen MR) is 155 cm³/mol. The van der Waals surface area contributed by atoms with E-state index in [1.165, 1.54) is 46.1 Å². The Kier molecular flexibility index (Phi) is 6.14. The number of carbonyl (C=O) groups excluding carboxylic acids is 2. The van der Waals surface area contributed by atoms with Crippen molar-refractivity contribution < 1.29 is 19.1 Å². The summed E-state index contributed by atoms with van der Waals surface area (Å²) in [5.41, 5.74) is 12.4. The van der Waals surface area contributed by atoms with Gasteiger partial charge in [-0.1, -0.05) is 39.8 Å². The van der Waals surface area contributed by atoms with Gasteiger partial charge in [0, 0.05) is 5.41 Å². The molecule has 0 N–H and O–H groups in total. The Balaban J connectivity index is 1.66. The number of hydrogen-bond donors (Lipinski definition) is 0. The normalized spacial score (nSPS) is 20.1. The molecule has 39 heavy (non-hydrogen) atoms. The van der Waals surface area contributed by atoms with Gasteiger partial charge in [-0.05, 0) is 133 Å². The topological polar surface area (TPSA) is 52.6 Å². The summed E-state index contributed by atoms with van der Waals surface area (Å²) in [5.74, 6) is -0.229. The number of benzene rings is 3. The molecule has 5 rings (SSSR count). The van der Waals surface area contributed by atoms with Gasteiger partial charge in [0.05, 0.1) is 18.2 Å². The number of hydrogen-bond acceptors (Lipinski definition) is 4. The molecule has 2 aliphatic carbocycles. The summed E-state index contributed by atoms with van der Waals surface area (Å²) in [6.07, 6.45) is 2.06. The fourth-order valence-corrected chi connectivity index (χ4v) is 7.76. The van der Waals surface area contributed by atoms with Gasteiger partial charge in [-0.2, -0.15) is 0 Å². The number of aryl methyl sites for hydroxylation is 2. The van der Waals surface area contributed by atoms with E-state index in [2.05, 4.69) is 67.5 Å². The van der Waals surface area contributed by atoms with Gasteiger partial charge in [-0.15, -0.1) is 0 Å². The Morgan fingerprint density at radius 1 is 0.667 bits per heavy atom. The van der Waals surface area contributed by atoms with Gasteiger partial charge in [-0.25, -0.2) is 9.59 Å². The lowest BCUT2D eigenvalue weighted by atomic mass is 9.70. The van der Waals surface area contributed by atoms with E-state index in [-0.39, 0.29) is 16.2 Å². The summed E-state index contributed by atoms with van der Waals surface area (Å²) >= 11 is 0. The number of esters is 2. The van der Waals surface area contributed by atoms with E-state index in [0.717, 1.165) is 24.0 Å². The van der Waals surface area contributed by atoms with Gasteiger partial charge in [0.2, 0.25) is 0 Å². The molecular formula is C35H40O4. The first kappa shape index (κ1) is 27.2. The van der Waals surface area contributed by atoms with Gasteiger partial charge in [-0.3, -0.25) is 0 Å². The highest BCUT2D eigenvalue weighted by atomic mass is 16.5. The number of methoxy groups -OCH3 is 1. The number of rotatable bonds is 3. The average Bonchev–Trinajstić information content (AvgIpc) is 3.22. The zero-order valence-corrected chi connectivity index (χ0v) is 25.0. The first-order valence-corrected chi connectivity index (χ1v) is 13.8. The van der Waals surface area contributed by atoms with Crippen LogP contribution in [0.5, 0.6) is 5.75 Å². The molecule has 1 atom stereocenters. The third-order valence-corrected chi connectivity index (χ3v) is 9.50. The Morgan fingerprint density at radius 3 is 1.64 bits per heavy atom. The first-order chi connectivity index (χ1) is 18.1. The van der Waals surface area contributed by atoms with Crippen LogP contribution in [0, 0.1) is 34.6 Å². The van der Waals surface area contributed by atoms with Crippen LogP contribution in [0.15, 0.2) is 36.4 Å². The maximum absolute atomic E-state index is 13.3. The molecule has 0 heterocycles. The van der Waals surface area contributed by atoms with Gasteiger partial charge in [0.1, 0.15) is 5.75 Å². The van der Waals surface area contributed by atoms with Crippen molar-refractivity contribution in [3.8, 4) is 5.75 Å². The van der Waals surface area contributed by atoms with Crippen molar-refractivity contribution in [2.45, 2.75) is 91.4 Å². The molecule has 0 saturated carbocycles. The number of ether oxygens (including phenoxy) is 2. The van der Waals surface area contributed by atoms with E-state index in [9.17, 15) is 9.59 Å². The van der Waals surface area contributed by atoms with E-state index < -0.39 is 11.9 Å². The highest BCUT2D eigenvalue weighted by molar-refractivity contribution is 5.94. The molecule has 1 unspecified atom stereocenters. The second-order valence-electron chi connectivity index (χ2n) is 13.1. The minimum absolute atomic E-state index is 0.0139. The summed E-state index contributed by atoms with van der Waals surface area (Å²) in [5, 5.41) is 0. The molecule has 0 aliphatic heterocycles. The van der Waals surface area contributed by atoms with Gasteiger partial charge >= 0.3 is 11.9 Å². The van der Waals surface area contributed by atoms with Crippen molar-refractivity contribution in [1.29, 1.82) is 0 Å². The monoisotopic (exact) mass is 524 g/mol. The molecule has 0 amide bonds. The predicted octanol–water partition coefficient (Wildman–Crippen LogP) is 7.88. The van der Waals surface area contributed by atoms with Gasteiger partial charge in [0.15, 0.2) is 0 Å². The summed E-state index contributed by atoms with van der Waals surface area (Å²) < 4.78 is 10.9. The lowest BCUT2D eigenvalue weighted by Gasteiger charge is -2.33. The molecule has 204 valence electrons. The SMILES string of the molecule is COC(=O)c1ccc(C(=O)Oc2c(C)cc3c(c2C)C2(CC(C)(C)c4cc(C)c(C)c(C)c42)CC3(C)C)cc1. The molecule has 1 spiro atoms. The quantitative estimate of drug-likeness (QED) is 0.258. The molecule has 3 aromatic carbocycles. The lowest BCUT2D eigenvalue weighted by molar-refractivity contribution is 0.0599. The second-order valence-corrected chi connectivity index (χ2v) is 13.1. The van der Waals surface area contributed by atoms with Crippen LogP contribution in [-0.2, 0) is 21.0 Å². The van der Waals surface area contributed by atoms with Crippen molar-refractivity contribution in [3.05, 3.63) is 97.6 Å². The molecule has 3 aromatic rings. The Labute approximate surface area is 232 Å². The molecule has 2 aliphatic rings. The summed E-state index contributed by atoms with van der Waals surface area (Å²) in [7, 11) is 1.34. The summed E-state index contributed by atoms with van der Waals surface area (Å²) in [6.45, 7) is 20.4. The Bertz CT molecular complexity index is 1530. The van der Waals surface area contributed by atoms with Gasteiger partial charge in [0.25, 0.3) is 0 Å². The Morgan fingerprint density at radius 2 is 1.13 bits per heavy atom. The van der Waals surface area contributed by atoms with Crippen molar-refractivity contribution in [2.24, 2.45) is 0 Å². The summed E-state index contributed by atoms with van der Waals surface area (Å²) in [6, 6.07) is 11.1. The maximum Gasteiger partial charge on any atom is 0.343 e. The van der Waals surface area contributed by atoms with Crippen molar-refractivity contribution in [1.82, 2.24) is 0 Å². The van der Waals surface area contributed by atoms with Crippen LogP contribution in [0.2, 0.25) is 0 Å². The number of carbonyl (C=O) groups is 2. The molecule has 0 radical (unpaired) electrons. The van der Waals surface area contributed by atoms with Gasteiger partial charge < -0.3 is 9.47 Å². The van der Waals surface area contributed by atoms with Crippen LogP contribution < -0.4 is 4.74 Å². The minimum atomic E-state index is -0.436. The van der Waals surface area contributed by atoms with Crippen molar-refractivity contribution in [2.75, 3.05) is 7.11 Å². The molecule has 0 saturated heterocycles. The summed E-state index contributed by atoms with van der Waals surface area (Å²) in [4.78, 5) is 25.1. The fourth-order valence-electron chi connectivity index (χ4n) is 7.76. The highest BCUT2D eigenvalue weighted by Crippen LogP contribution is 2.65. The maximum atomic E-state index is 13.3. The van der Waals surface area contributed by atoms with E-state index in [4.69, 9.17) is 9.47 Å². The van der Waals surface area contributed by atoms with Crippen LogP contribution >= 0.6 is 0 Å². The van der Waals surface area contributed by atoms with E-state index in [1.54, 1.807) is 24.3 Å². The van der Waals surface area contributed by atoms with E-state index >= 15 is 0 Å². The average molecular weight is 525 g/mol. The first-order valence-electron chi connectivity index (χ1n) is 13.8. The zero-order valence-electron chi connectivity index (χ0n) is 25.0. The van der Waals surface area contributed by atoms with E-state index in [1.807, 2.05) is 6.92 Å². The third kappa shape index (κ3) is 3.94. The molecule has 0 aromatic heterocycles. The second kappa shape index (κ2) is 8.81. The molecule has 0 bridgehead atoms. The largest absolute Gasteiger partial charge is 0.465 e. The van der Waals surface area contributed by atoms with Crippen LogP contribution in [0.3, 0.4) is 0 Å². The van der Waals surface area contributed by atoms with Crippen LogP contribution in [-0.4, -0.2) is 19.0 Å². The standard InChI is InChI=1S/C35H40O4/c1-19-15-26-28(22(4)21(19)3)35(17-33(26,6)7)18-34(8,9)27-16-20(2)30(23(5)29(27)35)39-32(37)25-13-11-24(12-14-25)31(36)38-10/h11-16H,17-18H2,1-10H3. The molecular weight excluding hydrogens is 484 g/mol. The molecule has 0 fully saturated rings. The molecule has 4 heteroatoms. The van der Waals surface area contributed by atoms with Crippen LogP contribution in [0.25, 0.3) is 0 Å². The minimum Gasteiger partial charge on any atom is -0.465 e. The van der Waals surface area contributed by atoms with Crippen LogP contribution in [0.1, 0.15) is 111 Å². The lowest BCUT2D eigenvalue weighted by Crippen LogP contribution is -2.28.